The molecule has 1 aliphatic heterocycles. The first kappa shape index (κ1) is 20.9. The Morgan fingerprint density at radius 1 is 1.46 bits per heavy atom. The van der Waals surface area contributed by atoms with Crippen molar-refractivity contribution in [3.05, 3.63) is 11.9 Å². The summed E-state index contributed by atoms with van der Waals surface area (Å²) in [6.07, 6.45) is 4.78. The van der Waals surface area contributed by atoms with Crippen molar-refractivity contribution in [2.75, 3.05) is 26.2 Å². The molecule has 2 heterocycles. The van der Waals surface area contributed by atoms with Gasteiger partial charge in [-0.25, -0.2) is 4.68 Å². The second-order valence-electron chi connectivity index (χ2n) is 6.35. The molecular weight excluding hydrogens is 330 g/mol. The summed E-state index contributed by atoms with van der Waals surface area (Å²) < 4.78 is 7.51. The quantitative estimate of drug-likeness (QED) is 0.739. The van der Waals surface area contributed by atoms with Crippen molar-refractivity contribution in [1.29, 1.82) is 0 Å². The van der Waals surface area contributed by atoms with Crippen LogP contribution in [0.15, 0.2) is 6.20 Å². The van der Waals surface area contributed by atoms with Crippen LogP contribution in [-0.2, 0) is 4.74 Å². The van der Waals surface area contributed by atoms with Crippen LogP contribution in [0.1, 0.15) is 56.6 Å². The molecule has 0 saturated carbocycles. The number of rotatable bonds is 8. The van der Waals surface area contributed by atoms with E-state index in [-0.39, 0.29) is 24.4 Å². The van der Waals surface area contributed by atoms with Gasteiger partial charge in [-0.2, -0.15) is 0 Å². The Bertz CT molecular complexity index is 489. The summed E-state index contributed by atoms with van der Waals surface area (Å²) in [7, 11) is 0. The van der Waals surface area contributed by atoms with Crippen LogP contribution in [0, 0.1) is 5.92 Å². The van der Waals surface area contributed by atoms with Crippen LogP contribution in [0.4, 0.5) is 0 Å². The highest BCUT2D eigenvalue weighted by Crippen LogP contribution is 2.17. The summed E-state index contributed by atoms with van der Waals surface area (Å²) in [4.78, 5) is 12.2. The van der Waals surface area contributed by atoms with E-state index in [4.69, 9.17) is 4.74 Å². The molecule has 2 N–H and O–H groups in total. The number of carbonyl (C=O) groups is 1. The topological polar surface area (TPSA) is 81.1 Å². The molecule has 8 heteroatoms. The van der Waals surface area contributed by atoms with Gasteiger partial charge in [0.15, 0.2) is 5.69 Å². The predicted molar refractivity (Wildman–Crippen MR) is 95.6 cm³/mol. The number of hydrogen-bond acceptors (Lipinski definition) is 5. The Labute approximate surface area is 150 Å². The predicted octanol–water partition coefficient (Wildman–Crippen LogP) is 1.81. The molecular formula is C16H30ClN5O2. The highest BCUT2D eigenvalue weighted by Gasteiger charge is 2.19. The lowest BCUT2D eigenvalue weighted by atomic mass is 10.0. The highest BCUT2D eigenvalue weighted by molar-refractivity contribution is 5.91. The zero-order chi connectivity index (χ0) is 16.7. The van der Waals surface area contributed by atoms with Crippen molar-refractivity contribution in [2.24, 2.45) is 5.92 Å². The van der Waals surface area contributed by atoms with E-state index in [2.05, 4.69) is 34.8 Å². The van der Waals surface area contributed by atoms with Crippen LogP contribution in [0.3, 0.4) is 0 Å². The molecule has 1 aliphatic rings. The van der Waals surface area contributed by atoms with E-state index in [0.29, 0.717) is 30.8 Å². The van der Waals surface area contributed by atoms with Gasteiger partial charge in [-0.15, -0.1) is 17.5 Å². The number of nitrogens with zero attached hydrogens (tertiary/aromatic N) is 3. The fraction of sp³-hybridized carbons (Fsp3) is 0.812. The first-order chi connectivity index (χ1) is 11.1. The van der Waals surface area contributed by atoms with E-state index in [9.17, 15) is 4.79 Å². The number of hydrogen-bond donors (Lipinski definition) is 2. The van der Waals surface area contributed by atoms with Crippen molar-refractivity contribution in [2.45, 2.75) is 52.2 Å². The highest BCUT2D eigenvalue weighted by atomic mass is 35.5. The second-order valence-corrected chi connectivity index (χ2v) is 6.35. The molecule has 138 valence electrons. The van der Waals surface area contributed by atoms with Crippen LogP contribution in [0.2, 0.25) is 0 Å². The number of piperidine rings is 1. The smallest absolute Gasteiger partial charge is 0.273 e. The SMILES string of the molecule is CCOC(CCNC(=O)c1cn(C2CCNCC2)nn1)C(C)C.Cl. The largest absolute Gasteiger partial charge is 0.378 e. The first-order valence-corrected chi connectivity index (χ1v) is 8.64. The van der Waals surface area contributed by atoms with Crippen molar-refractivity contribution in [1.82, 2.24) is 25.6 Å². The summed E-state index contributed by atoms with van der Waals surface area (Å²) in [5.74, 6) is 0.275. The maximum absolute atomic E-state index is 12.2. The van der Waals surface area contributed by atoms with E-state index >= 15 is 0 Å². The zero-order valence-electron chi connectivity index (χ0n) is 14.8. The minimum atomic E-state index is -0.163. The third kappa shape index (κ3) is 6.03. The monoisotopic (exact) mass is 359 g/mol. The molecule has 2 rings (SSSR count). The third-order valence-electron chi connectivity index (χ3n) is 4.26. The average molecular weight is 360 g/mol. The van der Waals surface area contributed by atoms with E-state index in [1.165, 1.54) is 0 Å². The maximum atomic E-state index is 12.2. The van der Waals surface area contributed by atoms with Gasteiger partial charge in [0.25, 0.3) is 5.91 Å². The summed E-state index contributed by atoms with van der Waals surface area (Å²) >= 11 is 0. The van der Waals surface area contributed by atoms with Gasteiger partial charge in [0.1, 0.15) is 0 Å². The van der Waals surface area contributed by atoms with E-state index in [1.54, 1.807) is 6.20 Å². The molecule has 24 heavy (non-hydrogen) atoms. The van der Waals surface area contributed by atoms with Gasteiger partial charge >= 0.3 is 0 Å². The van der Waals surface area contributed by atoms with Crippen LogP contribution in [0.5, 0.6) is 0 Å². The fourth-order valence-corrected chi connectivity index (χ4v) is 2.87. The standard InChI is InChI=1S/C16H29N5O2.ClH/c1-4-23-15(12(2)3)7-10-18-16(22)14-11-21(20-19-14)13-5-8-17-9-6-13;/h11-13,15,17H,4-10H2,1-3H3,(H,18,22);1H. The van der Waals surface area contributed by atoms with E-state index < -0.39 is 0 Å². The average Bonchev–Trinajstić information content (AvgIpc) is 3.04. The molecule has 1 atom stereocenters. The lowest BCUT2D eigenvalue weighted by molar-refractivity contribution is 0.0251. The van der Waals surface area contributed by atoms with Crippen molar-refractivity contribution in [3.63, 3.8) is 0 Å². The fourth-order valence-electron chi connectivity index (χ4n) is 2.87. The molecule has 1 fully saturated rings. The number of carbonyl (C=O) groups excluding carboxylic acids is 1. The number of halogens is 1. The molecule has 0 aliphatic carbocycles. The van der Waals surface area contributed by atoms with Crippen molar-refractivity contribution in [3.8, 4) is 0 Å². The third-order valence-corrected chi connectivity index (χ3v) is 4.26. The minimum absolute atomic E-state index is 0. The summed E-state index contributed by atoms with van der Waals surface area (Å²) in [6.45, 7) is 9.51. The molecule has 1 aromatic heterocycles. The van der Waals surface area contributed by atoms with Gasteiger partial charge in [-0.3, -0.25) is 4.79 Å². The lowest BCUT2D eigenvalue weighted by Gasteiger charge is -2.22. The molecule has 0 spiro atoms. The van der Waals surface area contributed by atoms with Crippen molar-refractivity contribution < 1.29 is 9.53 Å². The summed E-state index contributed by atoms with van der Waals surface area (Å²) in [5.41, 5.74) is 0.390. The Balaban J connectivity index is 0.00000288. The Hall–Kier alpha value is -1.18. The Morgan fingerprint density at radius 3 is 2.79 bits per heavy atom. The van der Waals surface area contributed by atoms with Gasteiger partial charge in [0.2, 0.25) is 0 Å². The van der Waals surface area contributed by atoms with Gasteiger partial charge < -0.3 is 15.4 Å². The molecule has 7 nitrogen and oxygen atoms in total. The minimum Gasteiger partial charge on any atom is -0.378 e. The number of aromatic nitrogens is 3. The van der Waals surface area contributed by atoms with Crippen LogP contribution in [0.25, 0.3) is 0 Å². The van der Waals surface area contributed by atoms with E-state index in [0.717, 1.165) is 32.4 Å². The molecule has 1 amide bonds. The van der Waals surface area contributed by atoms with E-state index in [1.807, 2.05) is 11.6 Å². The van der Waals surface area contributed by atoms with Gasteiger partial charge in [0, 0.05) is 13.2 Å². The maximum Gasteiger partial charge on any atom is 0.273 e. The van der Waals surface area contributed by atoms with Gasteiger partial charge in [-0.1, -0.05) is 19.1 Å². The molecule has 1 unspecified atom stereocenters. The first-order valence-electron chi connectivity index (χ1n) is 8.64. The van der Waals surface area contributed by atoms with Gasteiger partial charge in [-0.05, 0) is 45.2 Å². The Morgan fingerprint density at radius 2 is 2.17 bits per heavy atom. The molecule has 1 aromatic rings. The number of nitrogens with one attached hydrogen (secondary N) is 2. The molecule has 0 aromatic carbocycles. The normalized spacial score (nSPS) is 16.7. The van der Waals surface area contributed by atoms with Crippen molar-refractivity contribution >= 4 is 18.3 Å². The van der Waals surface area contributed by atoms with Crippen LogP contribution < -0.4 is 10.6 Å². The van der Waals surface area contributed by atoms with Crippen LogP contribution in [-0.4, -0.2) is 53.2 Å². The van der Waals surface area contributed by atoms with Crippen LogP contribution >= 0.6 is 12.4 Å². The summed E-state index contributed by atoms with van der Waals surface area (Å²) in [6, 6.07) is 0.341. The lowest BCUT2D eigenvalue weighted by Crippen LogP contribution is -2.30. The number of ether oxygens (including phenoxy) is 1. The Kier molecular flexibility index (Phi) is 9.25. The molecule has 1 saturated heterocycles. The van der Waals surface area contributed by atoms with Gasteiger partial charge in [0.05, 0.1) is 18.3 Å². The second kappa shape index (κ2) is 10.6. The number of amides is 1. The molecule has 0 radical (unpaired) electrons. The zero-order valence-corrected chi connectivity index (χ0v) is 15.6. The molecule has 0 bridgehead atoms. The summed E-state index contributed by atoms with van der Waals surface area (Å²) in [5, 5.41) is 14.4.